The maximum Gasteiger partial charge on any atom is 0.338 e. The van der Waals surface area contributed by atoms with E-state index in [1.807, 2.05) is 19.9 Å². The summed E-state index contributed by atoms with van der Waals surface area (Å²) in [4.78, 5) is 11.8. The topological polar surface area (TPSA) is 61.5 Å². The first-order valence-electron chi connectivity index (χ1n) is 6.25. The Morgan fingerprint density at radius 2 is 2.28 bits per heavy atom. The molecule has 0 saturated carbocycles. The first kappa shape index (κ1) is 12.9. The summed E-state index contributed by atoms with van der Waals surface area (Å²) in [6.07, 6.45) is 2.28. The zero-order chi connectivity index (χ0) is 13.1. The Morgan fingerprint density at radius 3 is 2.89 bits per heavy atom. The summed E-state index contributed by atoms with van der Waals surface area (Å²) in [5.41, 5.74) is 7.82. The molecule has 2 atom stereocenters. The fraction of sp³-hybridized carbons (Fsp3) is 0.500. The van der Waals surface area contributed by atoms with Crippen LogP contribution in [0.3, 0.4) is 0 Å². The molecule has 0 amide bonds. The highest BCUT2D eigenvalue weighted by atomic mass is 16.6. The Labute approximate surface area is 107 Å². The lowest BCUT2D eigenvalue weighted by Gasteiger charge is -2.12. The second-order valence-electron chi connectivity index (χ2n) is 4.82. The van der Waals surface area contributed by atoms with Gasteiger partial charge in [-0.3, -0.25) is 0 Å². The van der Waals surface area contributed by atoms with E-state index >= 15 is 0 Å². The summed E-state index contributed by atoms with van der Waals surface area (Å²) in [5, 5.41) is 0. The van der Waals surface area contributed by atoms with Gasteiger partial charge in [0.05, 0.1) is 17.8 Å². The van der Waals surface area contributed by atoms with E-state index < -0.39 is 0 Å². The first-order chi connectivity index (χ1) is 8.56. The van der Waals surface area contributed by atoms with Gasteiger partial charge in [0.15, 0.2) is 0 Å². The quantitative estimate of drug-likeness (QED) is 0.659. The molecule has 1 aliphatic rings. The van der Waals surface area contributed by atoms with Gasteiger partial charge < -0.3 is 15.2 Å². The van der Waals surface area contributed by atoms with Gasteiger partial charge >= 0.3 is 5.97 Å². The molecular formula is C14H19NO3. The van der Waals surface area contributed by atoms with Crippen molar-refractivity contribution in [1.82, 2.24) is 0 Å². The minimum Gasteiger partial charge on any atom is -0.459 e. The Kier molecular flexibility index (Phi) is 3.87. The van der Waals surface area contributed by atoms with Gasteiger partial charge in [0.1, 0.15) is 6.61 Å². The SMILES string of the molecule is Cc1ccc(C(=O)OCC2CCC(C)O2)cc1N. The van der Waals surface area contributed by atoms with Crippen molar-refractivity contribution in [2.24, 2.45) is 0 Å². The van der Waals surface area contributed by atoms with Crippen LogP contribution in [0, 0.1) is 6.92 Å². The molecular weight excluding hydrogens is 230 g/mol. The van der Waals surface area contributed by atoms with Gasteiger partial charge in [-0.1, -0.05) is 6.07 Å². The molecule has 1 aliphatic heterocycles. The van der Waals surface area contributed by atoms with Gasteiger partial charge in [0.2, 0.25) is 0 Å². The van der Waals surface area contributed by atoms with Crippen LogP contribution < -0.4 is 5.73 Å². The number of rotatable bonds is 3. The Balaban J connectivity index is 1.89. The molecule has 1 saturated heterocycles. The Hall–Kier alpha value is -1.55. The lowest BCUT2D eigenvalue weighted by Crippen LogP contribution is -2.19. The monoisotopic (exact) mass is 249 g/mol. The molecule has 1 aromatic rings. The average Bonchev–Trinajstić information content (AvgIpc) is 2.75. The van der Waals surface area contributed by atoms with Crippen LogP contribution in [0.2, 0.25) is 0 Å². The predicted molar refractivity (Wildman–Crippen MR) is 69.4 cm³/mol. The third kappa shape index (κ3) is 3.01. The number of nitrogens with two attached hydrogens (primary N) is 1. The van der Waals surface area contributed by atoms with Gasteiger partial charge in [0.25, 0.3) is 0 Å². The van der Waals surface area contributed by atoms with E-state index in [0.717, 1.165) is 18.4 Å². The van der Waals surface area contributed by atoms with Crippen molar-refractivity contribution in [2.45, 2.75) is 38.9 Å². The van der Waals surface area contributed by atoms with Crippen LogP contribution in [0.1, 0.15) is 35.7 Å². The standard InChI is InChI=1S/C14H19NO3/c1-9-3-5-11(7-13(9)15)14(16)17-8-12-6-4-10(2)18-12/h3,5,7,10,12H,4,6,8,15H2,1-2H3. The maximum atomic E-state index is 11.8. The van der Waals surface area contributed by atoms with E-state index in [2.05, 4.69) is 0 Å². The third-order valence-electron chi connectivity index (χ3n) is 3.24. The molecule has 1 fully saturated rings. The Morgan fingerprint density at radius 1 is 1.50 bits per heavy atom. The predicted octanol–water partition coefficient (Wildman–Crippen LogP) is 2.30. The van der Waals surface area contributed by atoms with E-state index in [9.17, 15) is 4.79 Å². The number of aryl methyl sites for hydroxylation is 1. The third-order valence-corrected chi connectivity index (χ3v) is 3.24. The zero-order valence-corrected chi connectivity index (χ0v) is 10.8. The van der Waals surface area contributed by atoms with E-state index in [4.69, 9.17) is 15.2 Å². The van der Waals surface area contributed by atoms with Crippen LogP contribution in [0.15, 0.2) is 18.2 Å². The normalized spacial score (nSPS) is 23.0. The van der Waals surface area contributed by atoms with Crippen molar-refractivity contribution >= 4 is 11.7 Å². The minimum absolute atomic E-state index is 0.0340. The molecule has 0 aliphatic carbocycles. The second-order valence-corrected chi connectivity index (χ2v) is 4.82. The van der Waals surface area contributed by atoms with Crippen LogP contribution in [0.4, 0.5) is 5.69 Å². The molecule has 98 valence electrons. The van der Waals surface area contributed by atoms with Crippen molar-refractivity contribution in [1.29, 1.82) is 0 Å². The number of ether oxygens (including phenoxy) is 2. The number of benzene rings is 1. The molecule has 0 aromatic heterocycles. The molecule has 4 heteroatoms. The summed E-state index contributed by atoms with van der Waals surface area (Å²) >= 11 is 0. The van der Waals surface area contributed by atoms with Crippen LogP contribution >= 0.6 is 0 Å². The van der Waals surface area contributed by atoms with E-state index in [0.29, 0.717) is 17.9 Å². The van der Waals surface area contributed by atoms with Crippen LogP contribution in [-0.2, 0) is 9.47 Å². The zero-order valence-electron chi connectivity index (χ0n) is 10.8. The van der Waals surface area contributed by atoms with Crippen molar-refractivity contribution in [3.8, 4) is 0 Å². The highest BCUT2D eigenvalue weighted by Crippen LogP contribution is 2.20. The molecule has 18 heavy (non-hydrogen) atoms. The average molecular weight is 249 g/mol. The van der Waals surface area contributed by atoms with Gasteiger partial charge in [-0.15, -0.1) is 0 Å². The van der Waals surface area contributed by atoms with Crippen LogP contribution in [0.25, 0.3) is 0 Å². The lowest BCUT2D eigenvalue weighted by molar-refractivity contribution is -0.00265. The van der Waals surface area contributed by atoms with Gasteiger partial charge in [-0.2, -0.15) is 0 Å². The molecule has 0 bridgehead atoms. The molecule has 2 rings (SSSR count). The summed E-state index contributed by atoms with van der Waals surface area (Å²) in [6, 6.07) is 5.20. The molecule has 1 aromatic carbocycles. The van der Waals surface area contributed by atoms with Crippen LogP contribution in [0.5, 0.6) is 0 Å². The lowest BCUT2D eigenvalue weighted by atomic mass is 10.1. The Bertz CT molecular complexity index is 445. The van der Waals surface area contributed by atoms with Crippen molar-refractivity contribution in [3.05, 3.63) is 29.3 Å². The number of carbonyl (C=O) groups is 1. The number of nitrogen functional groups attached to an aromatic ring is 1. The molecule has 4 nitrogen and oxygen atoms in total. The molecule has 2 unspecified atom stereocenters. The van der Waals surface area contributed by atoms with E-state index in [-0.39, 0.29) is 18.2 Å². The fourth-order valence-corrected chi connectivity index (χ4v) is 2.03. The summed E-state index contributed by atoms with van der Waals surface area (Å²) in [5.74, 6) is -0.343. The van der Waals surface area contributed by atoms with Crippen molar-refractivity contribution in [2.75, 3.05) is 12.3 Å². The maximum absolute atomic E-state index is 11.8. The molecule has 0 radical (unpaired) electrons. The first-order valence-corrected chi connectivity index (χ1v) is 6.25. The minimum atomic E-state index is -0.343. The smallest absolute Gasteiger partial charge is 0.338 e. The molecule has 1 heterocycles. The van der Waals surface area contributed by atoms with Crippen molar-refractivity contribution < 1.29 is 14.3 Å². The van der Waals surface area contributed by atoms with Crippen LogP contribution in [-0.4, -0.2) is 24.8 Å². The van der Waals surface area contributed by atoms with Crippen molar-refractivity contribution in [3.63, 3.8) is 0 Å². The molecule has 0 spiro atoms. The highest BCUT2D eigenvalue weighted by Gasteiger charge is 2.23. The number of esters is 1. The summed E-state index contributed by atoms with van der Waals surface area (Å²) < 4.78 is 10.8. The second kappa shape index (κ2) is 5.40. The number of anilines is 1. The summed E-state index contributed by atoms with van der Waals surface area (Å²) in [7, 11) is 0. The van der Waals surface area contributed by atoms with Gasteiger partial charge in [-0.05, 0) is 44.4 Å². The fourth-order valence-electron chi connectivity index (χ4n) is 2.03. The van der Waals surface area contributed by atoms with E-state index in [1.165, 1.54) is 0 Å². The number of hydrogen-bond acceptors (Lipinski definition) is 4. The molecule has 2 N–H and O–H groups in total. The largest absolute Gasteiger partial charge is 0.459 e. The number of hydrogen-bond donors (Lipinski definition) is 1. The summed E-state index contributed by atoms with van der Waals surface area (Å²) in [6.45, 7) is 4.25. The van der Waals surface area contributed by atoms with Gasteiger partial charge in [0, 0.05) is 5.69 Å². The van der Waals surface area contributed by atoms with E-state index in [1.54, 1.807) is 12.1 Å². The van der Waals surface area contributed by atoms with Gasteiger partial charge in [-0.25, -0.2) is 4.79 Å². The highest BCUT2D eigenvalue weighted by molar-refractivity contribution is 5.90. The number of carbonyl (C=O) groups excluding carboxylic acids is 1.